The van der Waals surface area contributed by atoms with Gasteiger partial charge in [-0.1, -0.05) is 18.2 Å². The van der Waals surface area contributed by atoms with E-state index in [1.54, 1.807) is 12.1 Å². The molecule has 1 atom stereocenters. The van der Waals surface area contributed by atoms with E-state index in [1.807, 2.05) is 24.0 Å². The minimum atomic E-state index is -0.254. The van der Waals surface area contributed by atoms with E-state index in [1.165, 1.54) is 6.07 Å². The first-order chi connectivity index (χ1) is 11.7. The molecule has 128 valence electrons. The third-order valence-corrected chi connectivity index (χ3v) is 4.21. The van der Waals surface area contributed by atoms with E-state index in [0.29, 0.717) is 36.9 Å². The lowest BCUT2D eigenvalue weighted by Crippen LogP contribution is -2.28. The number of nitrogens with zero attached hydrogens (tertiary/aromatic N) is 3. The van der Waals surface area contributed by atoms with Crippen LogP contribution >= 0.6 is 0 Å². The summed E-state index contributed by atoms with van der Waals surface area (Å²) in [7, 11) is 0. The first kappa shape index (κ1) is 16.8. The molecule has 0 unspecified atom stereocenters. The number of aromatic nitrogens is 2. The maximum absolute atomic E-state index is 14.0. The Hall–Kier alpha value is -2.05. The number of halogens is 1. The zero-order valence-electron chi connectivity index (χ0n) is 13.8. The highest BCUT2D eigenvalue weighted by atomic mass is 19.1. The molecule has 1 aromatic carbocycles. The van der Waals surface area contributed by atoms with Gasteiger partial charge in [-0.15, -0.1) is 0 Å². The summed E-state index contributed by atoms with van der Waals surface area (Å²) >= 11 is 0. The first-order valence-corrected chi connectivity index (χ1v) is 8.20. The Morgan fingerprint density at radius 2 is 2.17 bits per heavy atom. The molecule has 1 saturated heterocycles. The quantitative estimate of drug-likeness (QED) is 0.881. The summed E-state index contributed by atoms with van der Waals surface area (Å²) in [6.45, 7) is 3.97. The highest BCUT2D eigenvalue weighted by Gasteiger charge is 2.21. The molecule has 3 rings (SSSR count). The zero-order chi connectivity index (χ0) is 16.9. The van der Waals surface area contributed by atoms with Crippen molar-refractivity contribution in [3.05, 3.63) is 53.2 Å². The Labute approximate surface area is 141 Å². The summed E-state index contributed by atoms with van der Waals surface area (Å²) in [6, 6.07) is 8.60. The monoisotopic (exact) mass is 331 g/mol. The fourth-order valence-corrected chi connectivity index (χ4v) is 2.94. The topological polar surface area (TPSA) is 58.5 Å². The smallest absolute Gasteiger partial charge is 0.132 e. The van der Waals surface area contributed by atoms with E-state index in [4.69, 9.17) is 4.74 Å². The molecule has 1 N–H and O–H groups in total. The summed E-state index contributed by atoms with van der Waals surface area (Å²) < 4.78 is 19.4. The molecule has 1 aliphatic rings. The molecule has 1 fully saturated rings. The van der Waals surface area contributed by atoms with Gasteiger partial charge < -0.3 is 14.7 Å². The second kappa shape index (κ2) is 7.68. The van der Waals surface area contributed by atoms with Crippen LogP contribution in [0.15, 0.2) is 30.3 Å². The number of aliphatic hydroxyl groups excluding tert-OH is 1. The van der Waals surface area contributed by atoms with Crippen molar-refractivity contribution in [2.75, 3.05) is 31.3 Å². The second-order valence-electron chi connectivity index (χ2n) is 6.00. The standard InChI is InChI=1S/C18H22FN3O2/c1-13-20-17(15-6-9-24-12-15)10-18(21-13)22(7-8-23)11-14-4-2-3-5-16(14)19/h2-5,10,15,23H,6-9,11-12H2,1H3/t15-/m1/s1. The summed E-state index contributed by atoms with van der Waals surface area (Å²) in [5.74, 6) is 1.40. The highest BCUT2D eigenvalue weighted by Crippen LogP contribution is 2.26. The molecule has 0 bridgehead atoms. The van der Waals surface area contributed by atoms with Crippen molar-refractivity contribution < 1.29 is 14.2 Å². The third-order valence-electron chi connectivity index (χ3n) is 4.21. The molecule has 2 aromatic rings. The van der Waals surface area contributed by atoms with Gasteiger partial charge in [0.2, 0.25) is 0 Å². The van der Waals surface area contributed by atoms with Crippen molar-refractivity contribution in [1.82, 2.24) is 9.97 Å². The van der Waals surface area contributed by atoms with E-state index in [-0.39, 0.29) is 18.3 Å². The summed E-state index contributed by atoms with van der Waals surface area (Å²) in [6.07, 6.45) is 0.948. The number of anilines is 1. The van der Waals surface area contributed by atoms with Gasteiger partial charge in [0.15, 0.2) is 0 Å². The number of rotatable bonds is 6. The molecular weight excluding hydrogens is 309 g/mol. The zero-order valence-corrected chi connectivity index (χ0v) is 13.8. The van der Waals surface area contributed by atoms with E-state index in [0.717, 1.165) is 18.7 Å². The van der Waals surface area contributed by atoms with Gasteiger partial charge in [0.25, 0.3) is 0 Å². The van der Waals surface area contributed by atoms with Crippen molar-refractivity contribution in [3.8, 4) is 0 Å². The number of aliphatic hydroxyl groups is 1. The number of aryl methyl sites for hydroxylation is 1. The highest BCUT2D eigenvalue weighted by molar-refractivity contribution is 5.42. The van der Waals surface area contributed by atoms with Gasteiger partial charge in [-0.3, -0.25) is 0 Å². The molecule has 0 aliphatic carbocycles. The Bertz CT molecular complexity index is 690. The van der Waals surface area contributed by atoms with Crippen LogP contribution in [0, 0.1) is 12.7 Å². The molecule has 24 heavy (non-hydrogen) atoms. The molecule has 0 saturated carbocycles. The van der Waals surface area contributed by atoms with Gasteiger partial charge in [-0.2, -0.15) is 0 Å². The fourth-order valence-electron chi connectivity index (χ4n) is 2.94. The van der Waals surface area contributed by atoms with Gasteiger partial charge in [-0.05, 0) is 19.4 Å². The maximum Gasteiger partial charge on any atom is 0.132 e. The van der Waals surface area contributed by atoms with Gasteiger partial charge in [0, 0.05) is 37.2 Å². The molecule has 1 aliphatic heterocycles. The second-order valence-corrected chi connectivity index (χ2v) is 6.00. The van der Waals surface area contributed by atoms with Crippen LogP contribution in [-0.2, 0) is 11.3 Å². The lowest BCUT2D eigenvalue weighted by molar-refractivity contribution is 0.193. The fraction of sp³-hybridized carbons (Fsp3) is 0.444. The average Bonchev–Trinajstić information content (AvgIpc) is 3.10. The molecule has 0 radical (unpaired) electrons. The lowest BCUT2D eigenvalue weighted by Gasteiger charge is -2.24. The molecule has 0 amide bonds. The maximum atomic E-state index is 14.0. The minimum Gasteiger partial charge on any atom is -0.395 e. The summed E-state index contributed by atoms with van der Waals surface area (Å²) in [5, 5.41) is 9.40. The van der Waals surface area contributed by atoms with Gasteiger partial charge in [-0.25, -0.2) is 14.4 Å². The van der Waals surface area contributed by atoms with Crippen LogP contribution in [0.1, 0.15) is 29.4 Å². The first-order valence-electron chi connectivity index (χ1n) is 8.20. The largest absolute Gasteiger partial charge is 0.395 e. The van der Waals surface area contributed by atoms with Crippen molar-refractivity contribution in [2.24, 2.45) is 0 Å². The molecule has 5 nitrogen and oxygen atoms in total. The molecule has 0 spiro atoms. The number of benzene rings is 1. The van der Waals surface area contributed by atoms with Crippen molar-refractivity contribution in [3.63, 3.8) is 0 Å². The third kappa shape index (κ3) is 3.88. The van der Waals surface area contributed by atoms with Gasteiger partial charge in [0.1, 0.15) is 17.5 Å². The van der Waals surface area contributed by atoms with E-state index >= 15 is 0 Å². The van der Waals surface area contributed by atoms with E-state index in [2.05, 4.69) is 9.97 Å². The average molecular weight is 331 g/mol. The SMILES string of the molecule is Cc1nc([C@@H]2CCOC2)cc(N(CCO)Cc2ccccc2F)n1. The van der Waals surface area contributed by atoms with Gasteiger partial charge >= 0.3 is 0 Å². The predicted octanol–water partition coefficient (Wildman–Crippen LogP) is 2.43. The Morgan fingerprint density at radius 3 is 2.88 bits per heavy atom. The summed E-state index contributed by atoms with van der Waals surface area (Å²) in [5.41, 5.74) is 1.53. The van der Waals surface area contributed by atoms with Crippen LogP contribution in [0.4, 0.5) is 10.2 Å². The van der Waals surface area contributed by atoms with Crippen molar-refractivity contribution in [2.45, 2.75) is 25.8 Å². The van der Waals surface area contributed by atoms with Crippen LogP contribution < -0.4 is 4.90 Å². The van der Waals surface area contributed by atoms with Crippen LogP contribution in [0.3, 0.4) is 0 Å². The van der Waals surface area contributed by atoms with E-state index in [9.17, 15) is 9.50 Å². The molecule has 1 aromatic heterocycles. The van der Waals surface area contributed by atoms with Crippen molar-refractivity contribution in [1.29, 1.82) is 0 Å². The van der Waals surface area contributed by atoms with Crippen LogP contribution in [0.25, 0.3) is 0 Å². The molecular formula is C18H22FN3O2. The summed E-state index contributed by atoms with van der Waals surface area (Å²) in [4.78, 5) is 10.9. The number of hydrogen-bond acceptors (Lipinski definition) is 5. The Kier molecular flexibility index (Phi) is 5.37. The molecule has 6 heteroatoms. The number of ether oxygens (including phenoxy) is 1. The number of hydrogen-bond donors (Lipinski definition) is 1. The van der Waals surface area contributed by atoms with E-state index < -0.39 is 0 Å². The molecule has 2 heterocycles. The van der Waals surface area contributed by atoms with Crippen LogP contribution in [0.2, 0.25) is 0 Å². The Morgan fingerprint density at radius 1 is 1.33 bits per heavy atom. The van der Waals surface area contributed by atoms with Crippen LogP contribution in [-0.4, -0.2) is 41.4 Å². The Balaban J connectivity index is 1.88. The van der Waals surface area contributed by atoms with Gasteiger partial charge in [0.05, 0.1) is 18.9 Å². The van der Waals surface area contributed by atoms with Crippen LogP contribution in [0.5, 0.6) is 0 Å². The minimum absolute atomic E-state index is 0.0284. The lowest BCUT2D eigenvalue weighted by atomic mass is 10.0. The normalized spacial score (nSPS) is 17.2. The predicted molar refractivity (Wildman–Crippen MR) is 89.5 cm³/mol. The van der Waals surface area contributed by atoms with Crippen molar-refractivity contribution >= 4 is 5.82 Å².